The molecule has 0 unspecified atom stereocenters. The monoisotopic (exact) mass is 647 g/mol. The van der Waals surface area contributed by atoms with Gasteiger partial charge in [-0.15, -0.1) is 0 Å². The minimum atomic E-state index is -3.98. The summed E-state index contributed by atoms with van der Waals surface area (Å²) in [5, 5.41) is 14.3. The van der Waals surface area contributed by atoms with Gasteiger partial charge in [0.05, 0.1) is 36.9 Å². The van der Waals surface area contributed by atoms with E-state index in [-0.39, 0.29) is 42.3 Å². The number of sulfonamides is 1. The van der Waals surface area contributed by atoms with Crippen molar-refractivity contribution in [2.75, 3.05) is 40.9 Å². The number of aliphatic hydroxyl groups is 1. The average molecular weight is 648 g/mol. The minimum absolute atomic E-state index is 0.0272. The van der Waals surface area contributed by atoms with E-state index in [4.69, 9.17) is 18.9 Å². The van der Waals surface area contributed by atoms with Gasteiger partial charge in [0.15, 0.2) is 0 Å². The number of nitrogens with zero attached hydrogens (tertiary/aromatic N) is 2. The molecule has 1 saturated heterocycles. The number of amides is 2. The highest BCUT2D eigenvalue weighted by molar-refractivity contribution is 7.89. The van der Waals surface area contributed by atoms with Crippen LogP contribution in [-0.2, 0) is 30.7 Å². The second kappa shape index (κ2) is 15.3. The molecule has 2 N–H and O–H groups in total. The van der Waals surface area contributed by atoms with Gasteiger partial charge in [-0.3, -0.25) is 0 Å². The SMILES string of the molecule is COc1ccc(S(=O)(=O)N(CC(C)C)C[C@@H](O)[C@H](Cc2ccccc2)NC(=O)O[C@@H]2C[C@@H]3[C@@H](OC(=O)N(C)C)CO[C@@H]3C2)cc1. The van der Waals surface area contributed by atoms with Crippen LogP contribution in [0.25, 0.3) is 0 Å². The highest BCUT2D eigenvalue weighted by Crippen LogP contribution is 2.39. The number of benzene rings is 2. The van der Waals surface area contributed by atoms with Crippen LogP contribution in [0.3, 0.4) is 0 Å². The molecule has 1 heterocycles. The molecule has 45 heavy (non-hydrogen) atoms. The highest BCUT2D eigenvalue weighted by Gasteiger charge is 2.48. The molecule has 12 nitrogen and oxygen atoms in total. The van der Waals surface area contributed by atoms with Crippen molar-refractivity contribution in [2.45, 2.75) is 68.5 Å². The van der Waals surface area contributed by atoms with E-state index in [0.717, 1.165) is 5.56 Å². The number of carbonyl (C=O) groups is 2. The van der Waals surface area contributed by atoms with Gasteiger partial charge in [0.2, 0.25) is 10.0 Å². The number of hydrogen-bond donors (Lipinski definition) is 2. The molecule has 2 aliphatic rings. The fourth-order valence-corrected chi connectivity index (χ4v) is 7.38. The molecule has 1 aliphatic heterocycles. The van der Waals surface area contributed by atoms with Crippen LogP contribution in [0.1, 0.15) is 32.3 Å². The van der Waals surface area contributed by atoms with Crippen LogP contribution in [0, 0.1) is 11.8 Å². The van der Waals surface area contributed by atoms with Crippen molar-refractivity contribution in [1.29, 1.82) is 0 Å². The topological polar surface area (TPSA) is 144 Å². The Morgan fingerprint density at radius 1 is 1.02 bits per heavy atom. The Morgan fingerprint density at radius 3 is 2.33 bits per heavy atom. The van der Waals surface area contributed by atoms with Crippen molar-refractivity contribution in [1.82, 2.24) is 14.5 Å². The lowest BCUT2D eigenvalue weighted by molar-refractivity contribution is 0.0279. The lowest BCUT2D eigenvalue weighted by Crippen LogP contribution is -2.51. The normalized spacial score (nSPS) is 22.5. The van der Waals surface area contributed by atoms with Gasteiger partial charge in [-0.2, -0.15) is 4.31 Å². The molecule has 4 rings (SSSR count). The summed E-state index contributed by atoms with van der Waals surface area (Å²) < 4.78 is 50.9. The summed E-state index contributed by atoms with van der Waals surface area (Å²) in [5.74, 6) is 0.406. The number of carbonyl (C=O) groups excluding carboxylic acids is 2. The maximum absolute atomic E-state index is 13.7. The van der Waals surface area contributed by atoms with E-state index >= 15 is 0 Å². The first kappa shape index (κ1) is 34.5. The van der Waals surface area contributed by atoms with Crippen molar-refractivity contribution in [2.24, 2.45) is 11.8 Å². The van der Waals surface area contributed by atoms with Crippen LogP contribution in [0.5, 0.6) is 5.75 Å². The van der Waals surface area contributed by atoms with E-state index in [9.17, 15) is 23.1 Å². The van der Waals surface area contributed by atoms with E-state index in [2.05, 4.69) is 5.32 Å². The molecule has 0 bridgehead atoms. The molecule has 1 saturated carbocycles. The number of rotatable bonds is 13. The zero-order chi connectivity index (χ0) is 32.7. The van der Waals surface area contributed by atoms with E-state index < -0.39 is 46.6 Å². The van der Waals surface area contributed by atoms with Crippen LogP contribution >= 0.6 is 0 Å². The quantitative estimate of drug-likeness (QED) is 0.335. The first-order valence-electron chi connectivity index (χ1n) is 15.2. The predicted molar refractivity (Wildman–Crippen MR) is 166 cm³/mol. The predicted octanol–water partition coefficient (Wildman–Crippen LogP) is 3.28. The second-order valence-corrected chi connectivity index (χ2v) is 14.2. The van der Waals surface area contributed by atoms with E-state index in [1.807, 2.05) is 44.2 Å². The average Bonchev–Trinajstić information content (AvgIpc) is 3.57. The molecular formula is C32H45N3O9S. The van der Waals surface area contributed by atoms with Crippen LogP contribution in [0.4, 0.5) is 9.59 Å². The van der Waals surface area contributed by atoms with Crippen molar-refractivity contribution >= 4 is 22.2 Å². The lowest BCUT2D eigenvalue weighted by Gasteiger charge is -2.31. The Hall–Kier alpha value is -3.39. The molecule has 0 aromatic heterocycles. The molecule has 6 atom stereocenters. The van der Waals surface area contributed by atoms with E-state index in [1.165, 1.54) is 28.4 Å². The molecule has 2 fully saturated rings. The molecule has 2 aromatic rings. The summed E-state index contributed by atoms with van der Waals surface area (Å²) >= 11 is 0. The number of fused-ring (bicyclic) bond motifs is 1. The molecule has 2 aromatic carbocycles. The largest absolute Gasteiger partial charge is 0.497 e. The number of ether oxygens (including phenoxy) is 4. The zero-order valence-electron chi connectivity index (χ0n) is 26.5. The zero-order valence-corrected chi connectivity index (χ0v) is 27.3. The summed E-state index contributed by atoms with van der Waals surface area (Å²) in [6, 6.07) is 14.5. The maximum Gasteiger partial charge on any atom is 0.409 e. The molecule has 0 radical (unpaired) electrons. The summed E-state index contributed by atoms with van der Waals surface area (Å²) in [4.78, 5) is 26.7. The Balaban J connectivity index is 1.45. The number of hydrogen-bond acceptors (Lipinski definition) is 9. The first-order valence-corrected chi connectivity index (χ1v) is 16.6. The summed E-state index contributed by atoms with van der Waals surface area (Å²) in [5.41, 5.74) is 0.851. The molecule has 13 heteroatoms. The van der Waals surface area contributed by atoms with Gasteiger partial charge in [-0.05, 0) is 48.6 Å². The number of methoxy groups -OCH3 is 1. The minimum Gasteiger partial charge on any atom is -0.497 e. The third kappa shape index (κ3) is 9.09. The Bertz CT molecular complexity index is 1370. The lowest BCUT2D eigenvalue weighted by atomic mass is 10.0. The summed E-state index contributed by atoms with van der Waals surface area (Å²) in [6.07, 6.45) is -2.35. The number of alkyl carbamates (subject to hydrolysis) is 1. The number of nitrogens with one attached hydrogen (secondary N) is 1. The van der Waals surface area contributed by atoms with Gasteiger partial charge in [-0.25, -0.2) is 18.0 Å². The molecule has 0 spiro atoms. The fourth-order valence-electron chi connectivity index (χ4n) is 5.76. The fraction of sp³-hybridized carbons (Fsp3) is 0.562. The number of aliphatic hydroxyl groups excluding tert-OH is 1. The standard InChI is InChI=1S/C32H45N3O9S/c1-21(2)18-35(45(39,40)25-13-11-23(41-5)12-14-25)19-28(36)27(15-22-9-7-6-8-10-22)33-31(37)43-24-16-26-29(17-24)42-20-30(26)44-32(38)34(3)4/h6-14,21,24,26-30,36H,15-20H2,1-5H3,(H,33,37)/t24-,26+,27+,28-,29-,30+/m1/s1. The molecule has 248 valence electrons. The van der Waals surface area contributed by atoms with E-state index in [0.29, 0.717) is 25.2 Å². The highest BCUT2D eigenvalue weighted by atomic mass is 32.2. The van der Waals surface area contributed by atoms with Crippen molar-refractivity contribution in [3.05, 3.63) is 60.2 Å². The van der Waals surface area contributed by atoms with Crippen molar-refractivity contribution in [3.8, 4) is 5.75 Å². The van der Waals surface area contributed by atoms with Crippen LogP contribution in [0.2, 0.25) is 0 Å². The van der Waals surface area contributed by atoms with Crippen molar-refractivity contribution in [3.63, 3.8) is 0 Å². The van der Waals surface area contributed by atoms with Crippen LogP contribution in [0.15, 0.2) is 59.5 Å². The van der Waals surface area contributed by atoms with Crippen LogP contribution in [-0.4, -0.2) is 106 Å². The van der Waals surface area contributed by atoms with Crippen molar-refractivity contribution < 1.29 is 42.1 Å². The van der Waals surface area contributed by atoms with Gasteiger partial charge in [-0.1, -0.05) is 44.2 Å². The third-order valence-corrected chi connectivity index (χ3v) is 9.92. The van der Waals surface area contributed by atoms with Crippen LogP contribution < -0.4 is 10.1 Å². The third-order valence-electron chi connectivity index (χ3n) is 8.07. The molecule has 1 aliphatic carbocycles. The van der Waals surface area contributed by atoms with Gasteiger partial charge in [0.25, 0.3) is 0 Å². The van der Waals surface area contributed by atoms with Gasteiger partial charge < -0.3 is 34.3 Å². The second-order valence-electron chi connectivity index (χ2n) is 12.3. The van der Waals surface area contributed by atoms with E-state index in [1.54, 1.807) is 26.2 Å². The maximum atomic E-state index is 13.7. The van der Waals surface area contributed by atoms with Gasteiger partial charge in [0, 0.05) is 39.5 Å². The smallest absolute Gasteiger partial charge is 0.409 e. The molecule has 2 amide bonds. The first-order chi connectivity index (χ1) is 21.4. The summed E-state index contributed by atoms with van der Waals surface area (Å²) in [7, 11) is 0.742. The van der Waals surface area contributed by atoms with Gasteiger partial charge in [0.1, 0.15) is 18.0 Å². The molecular weight excluding hydrogens is 602 g/mol. The Kier molecular flexibility index (Phi) is 11.7. The Morgan fingerprint density at radius 2 is 1.71 bits per heavy atom. The Labute approximate surface area is 265 Å². The summed E-state index contributed by atoms with van der Waals surface area (Å²) in [6.45, 7) is 4.01. The van der Waals surface area contributed by atoms with Gasteiger partial charge >= 0.3 is 12.2 Å².